The van der Waals surface area contributed by atoms with Crippen molar-refractivity contribution in [3.05, 3.63) is 35.9 Å². The summed E-state index contributed by atoms with van der Waals surface area (Å²) < 4.78 is 0. The second-order valence-electron chi connectivity index (χ2n) is 3.39. The lowest BCUT2D eigenvalue weighted by Crippen LogP contribution is -2.02. The summed E-state index contributed by atoms with van der Waals surface area (Å²) in [4.78, 5) is 21.6. The smallest absolute Gasteiger partial charge is 0.129 e. The Kier molecular flexibility index (Phi) is 4.05. The van der Waals surface area contributed by atoms with Crippen LogP contribution in [0.2, 0.25) is 0 Å². The van der Waals surface area contributed by atoms with Crippen molar-refractivity contribution in [2.24, 2.45) is 0 Å². The van der Waals surface area contributed by atoms with E-state index in [0.29, 0.717) is 12.8 Å². The van der Waals surface area contributed by atoms with Gasteiger partial charge < -0.3 is 9.59 Å². The first-order valence-corrected chi connectivity index (χ1v) is 4.73. The molecule has 0 heterocycles. The van der Waals surface area contributed by atoms with Gasteiger partial charge >= 0.3 is 0 Å². The van der Waals surface area contributed by atoms with Crippen LogP contribution in [-0.2, 0) is 9.59 Å². The predicted molar refractivity (Wildman–Crippen MR) is 55.2 cm³/mol. The fourth-order valence-corrected chi connectivity index (χ4v) is 1.37. The quantitative estimate of drug-likeness (QED) is 0.668. The van der Waals surface area contributed by atoms with Gasteiger partial charge in [-0.1, -0.05) is 30.3 Å². The Balaban J connectivity index is 2.63. The minimum absolute atomic E-state index is 0.132. The molecule has 0 aliphatic rings. The molecule has 0 fully saturated rings. The highest BCUT2D eigenvalue weighted by Gasteiger charge is 2.10. The Morgan fingerprint density at radius 2 is 2.00 bits per heavy atom. The van der Waals surface area contributed by atoms with Crippen LogP contribution < -0.4 is 0 Å². The Morgan fingerprint density at radius 1 is 1.36 bits per heavy atom. The average molecular weight is 190 g/mol. The topological polar surface area (TPSA) is 34.1 Å². The molecule has 0 N–H and O–H groups in total. The number of hydrogen-bond acceptors (Lipinski definition) is 2. The summed E-state index contributed by atoms with van der Waals surface area (Å²) in [7, 11) is 0. The monoisotopic (exact) mass is 190 g/mol. The minimum atomic E-state index is -0.139. The Labute approximate surface area is 83.9 Å². The molecule has 0 aromatic heterocycles. The van der Waals surface area contributed by atoms with Gasteiger partial charge in [-0.2, -0.15) is 0 Å². The molecule has 74 valence electrons. The number of carbonyl (C=O) groups is 2. The second kappa shape index (κ2) is 5.32. The van der Waals surface area contributed by atoms with E-state index in [2.05, 4.69) is 0 Å². The number of hydrogen-bond donors (Lipinski definition) is 0. The van der Waals surface area contributed by atoms with Gasteiger partial charge in [0, 0.05) is 12.3 Å². The second-order valence-corrected chi connectivity index (χ2v) is 3.39. The van der Waals surface area contributed by atoms with Gasteiger partial charge in [0.25, 0.3) is 0 Å². The fourth-order valence-electron chi connectivity index (χ4n) is 1.37. The molecule has 1 unspecified atom stereocenters. The molecule has 0 aliphatic carbocycles. The summed E-state index contributed by atoms with van der Waals surface area (Å²) in [6.07, 6.45) is 2.00. The molecular formula is C12H14O2. The maximum Gasteiger partial charge on any atom is 0.129 e. The molecule has 0 amide bonds. The highest BCUT2D eigenvalue weighted by molar-refractivity contribution is 5.76. The van der Waals surface area contributed by atoms with E-state index in [9.17, 15) is 9.59 Å². The van der Waals surface area contributed by atoms with Crippen molar-refractivity contribution >= 4 is 12.1 Å². The van der Waals surface area contributed by atoms with Gasteiger partial charge in [0.15, 0.2) is 0 Å². The van der Waals surface area contributed by atoms with Crippen molar-refractivity contribution in [3.8, 4) is 0 Å². The van der Waals surface area contributed by atoms with Crippen LogP contribution in [0.3, 0.4) is 0 Å². The van der Waals surface area contributed by atoms with E-state index in [-0.39, 0.29) is 11.7 Å². The largest absolute Gasteiger partial charge is 0.303 e. The molecule has 1 aromatic carbocycles. The van der Waals surface area contributed by atoms with Gasteiger partial charge in [-0.25, -0.2) is 0 Å². The third-order valence-electron chi connectivity index (χ3n) is 2.20. The van der Waals surface area contributed by atoms with Crippen molar-refractivity contribution in [2.75, 3.05) is 0 Å². The molecule has 1 rings (SSSR count). The van der Waals surface area contributed by atoms with E-state index in [1.54, 1.807) is 6.92 Å². The predicted octanol–water partition coefficient (Wildman–Crippen LogP) is 2.34. The lowest BCUT2D eigenvalue weighted by molar-refractivity contribution is -0.117. The number of aldehydes is 1. The summed E-state index contributed by atoms with van der Waals surface area (Å²) >= 11 is 0. The number of ketones is 1. The van der Waals surface area contributed by atoms with E-state index in [4.69, 9.17) is 0 Å². The summed E-state index contributed by atoms with van der Waals surface area (Å²) in [5, 5.41) is 0. The van der Waals surface area contributed by atoms with Gasteiger partial charge in [-0.15, -0.1) is 0 Å². The zero-order valence-corrected chi connectivity index (χ0v) is 8.27. The summed E-state index contributed by atoms with van der Waals surface area (Å²) in [6.45, 7) is 1.55. The van der Waals surface area contributed by atoms with Crippen LogP contribution in [0.4, 0.5) is 0 Å². The molecule has 0 spiro atoms. The van der Waals surface area contributed by atoms with Crippen LogP contribution in [-0.4, -0.2) is 12.1 Å². The van der Waals surface area contributed by atoms with Crippen molar-refractivity contribution in [1.29, 1.82) is 0 Å². The van der Waals surface area contributed by atoms with Crippen molar-refractivity contribution in [1.82, 2.24) is 0 Å². The molecule has 0 saturated carbocycles. The van der Waals surface area contributed by atoms with Gasteiger partial charge in [0.2, 0.25) is 0 Å². The summed E-state index contributed by atoms with van der Waals surface area (Å²) in [5.41, 5.74) is 0.990. The fraction of sp³-hybridized carbons (Fsp3) is 0.333. The molecule has 1 aromatic rings. The van der Waals surface area contributed by atoms with Crippen LogP contribution >= 0.6 is 0 Å². The van der Waals surface area contributed by atoms with E-state index in [1.165, 1.54) is 0 Å². The minimum Gasteiger partial charge on any atom is -0.303 e. The Morgan fingerprint density at radius 3 is 2.50 bits per heavy atom. The Bertz CT molecular complexity index is 303. The molecule has 0 aliphatic heterocycles. The lowest BCUT2D eigenvalue weighted by Gasteiger charge is -2.08. The van der Waals surface area contributed by atoms with E-state index < -0.39 is 0 Å². The lowest BCUT2D eigenvalue weighted by atomic mass is 9.95. The van der Waals surface area contributed by atoms with Gasteiger partial charge in [-0.3, -0.25) is 0 Å². The maximum atomic E-state index is 10.8. The summed E-state index contributed by atoms with van der Waals surface area (Å²) in [6, 6.07) is 9.55. The first kappa shape index (κ1) is 10.6. The molecule has 14 heavy (non-hydrogen) atoms. The first-order valence-electron chi connectivity index (χ1n) is 4.73. The van der Waals surface area contributed by atoms with Crippen LogP contribution in [0.15, 0.2) is 30.3 Å². The van der Waals surface area contributed by atoms with Gasteiger partial charge in [0.1, 0.15) is 12.1 Å². The van der Waals surface area contributed by atoms with E-state index >= 15 is 0 Å². The van der Waals surface area contributed by atoms with Crippen LogP contribution in [0.5, 0.6) is 0 Å². The van der Waals surface area contributed by atoms with Crippen LogP contribution in [0.1, 0.15) is 31.2 Å². The molecule has 0 saturated heterocycles. The standard InChI is InChI=1S/C12H14O2/c1-10(14)7-8-12(9-13)11-5-3-2-4-6-11/h2-6,9,12H,7-8H2,1H3. The summed E-state index contributed by atoms with van der Waals surface area (Å²) in [5.74, 6) is -0.00659. The number of rotatable bonds is 5. The number of Topliss-reactive ketones (excluding diaryl/α,β-unsaturated/α-hetero) is 1. The zero-order chi connectivity index (χ0) is 10.4. The van der Waals surface area contributed by atoms with Crippen LogP contribution in [0, 0.1) is 0 Å². The molecular weight excluding hydrogens is 176 g/mol. The first-order chi connectivity index (χ1) is 6.74. The van der Waals surface area contributed by atoms with Crippen molar-refractivity contribution in [2.45, 2.75) is 25.7 Å². The highest BCUT2D eigenvalue weighted by atomic mass is 16.1. The van der Waals surface area contributed by atoms with Crippen molar-refractivity contribution < 1.29 is 9.59 Å². The third-order valence-corrected chi connectivity index (χ3v) is 2.20. The number of carbonyl (C=O) groups excluding carboxylic acids is 2. The normalized spacial score (nSPS) is 12.1. The number of benzene rings is 1. The average Bonchev–Trinajstić information content (AvgIpc) is 2.20. The molecule has 0 radical (unpaired) electrons. The third kappa shape index (κ3) is 3.13. The zero-order valence-electron chi connectivity index (χ0n) is 8.27. The molecule has 0 bridgehead atoms. The maximum absolute atomic E-state index is 10.8. The molecule has 2 heteroatoms. The van der Waals surface area contributed by atoms with Crippen molar-refractivity contribution in [3.63, 3.8) is 0 Å². The molecule has 1 atom stereocenters. The van der Waals surface area contributed by atoms with Gasteiger partial charge in [-0.05, 0) is 18.9 Å². The van der Waals surface area contributed by atoms with Crippen LogP contribution in [0.25, 0.3) is 0 Å². The highest BCUT2D eigenvalue weighted by Crippen LogP contribution is 2.18. The Hall–Kier alpha value is -1.44. The SMILES string of the molecule is CC(=O)CCC(C=O)c1ccccc1. The van der Waals surface area contributed by atoms with Gasteiger partial charge in [0.05, 0.1) is 0 Å². The van der Waals surface area contributed by atoms with E-state index in [0.717, 1.165) is 11.8 Å². The molecule has 2 nitrogen and oxygen atoms in total. The van der Waals surface area contributed by atoms with E-state index in [1.807, 2.05) is 30.3 Å².